The first kappa shape index (κ1) is 15.3. The van der Waals surface area contributed by atoms with Gasteiger partial charge in [-0.1, -0.05) is 0 Å². The second kappa shape index (κ2) is 5.77. The summed E-state index contributed by atoms with van der Waals surface area (Å²) in [5, 5.41) is 24.6. The van der Waals surface area contributed by atoms with Crippen LogP contribution in [0.3, 0.4) is 0 Å². The Bertz CT molecular complexity index is 824. The van der Waals surface area contributed by atoms with Gasteiger partial charge in [0.25, 0.3) is 0 Å². The number of fused-ring (bicyclic) bond motifs is 2. The number of piperidine rings is 1. The third-order valence-corrected chi connectivity index (χ3v) is 6.05. The van der Waals surface area contributed by atoms with Crippen molar-refractivity contribution >= 4 is 16.6 Å². The first-order valence-corrected chi connectivity index (χ1v) is 9.57. The number of aromatic nitrogens is 1. The van der Waals surface area contributed by atoms with Crippen LogP contribution in [0.5, 0.6) is 11.5 Å². The number of hydrogen-bond acceptors (Lipinski definition) is 5. The Morgan fingerprint density at radius 1 is 1.00 bits per heavy atom. The van der Waals surface area contributed by atoms with Gasteiger partial charge in [-0.05, 0) is 56.6 Å². The topological polar surface area (TPSA) is 68.6 Å². The van der Waals surface area contributed by atoms with E-state index in [1.807, 2.05) is 0 Å². The van der Waals surface area contributed by atoms with E-state index in [1.165, 1.54) is 44.3 Å². The summed E-state index contributed by atoms with van der Waals surface area (Å²) in [5.41, 5.74) is 4.37. The SMILES string of the molecule is Oc1cc2nc3c(c(NC4CCN(C5CC5)CC4)c2cc1O)CCC3. The van der Waals surface area contributed by atoms with Crippen molar-refractivity contribution in [1.82, 2.24) is 9.88 Å². The van der Waals surface area contributed by atoms with Crippen LogP contribution in [-0.2, 0) is 12.8 Å². The van der Waals surface area contributed by atoms with Gasteiger partial charge < -0.3 is 20.4 Å². The molecule has 25 heavy (non-hydrogen) atoms. The number of aromatic hydroxyl groups is 2. The van der Waals surface area contributed by atoms with Crippen molar-refractivity contribution in [2.75, 3.05) is 18.4 Å². The van der Waals surface area contributed by atoms with Gasteiger partial charge >= 0.3 is 0 Å². The fourth-order valence-electron chi connectivity index (χ4n) is 4.50. The first-order valence-electron chi connectivity index (χ1n) is 9.57. The molecule has 132 valence electrons. The highest BCUT2D eigenvalue weighted by Gasteiger charge is 2.32. The monoisotopic (exact) mass is 339 g/mol. The van der Waals surface area contributed by atoms with Gasteiger partial charge in [0.05, 0.1) is 5.52 Å². The molecule has 0 amide bonds. The fraction of sp³-hybridized carbons (Fsp3) is 0.550. The van der Waals surface area contributed by atoms with Gasteiger partial charge in [0, 0.05) is 48.0 Å². The zero-order chi connectivity index (χ0) is 17.0. The van der Waals surface area contributed by atoms with Crippen LogP contribution in [0.2, 0.25) is 0 Å². The average molecular weight is 339 g/mol. The molecule has 0 atom stereocenters. The maximum Gasteiger partial charge on any atom is 0.159 e. The van der Waals surface area contributed by atoms with Gasteiger partial charge in [-0.2, -0.15) is 0 Å². The lowest BCUT2D eigenvalue weighted by Crippen LogP contribution is -2.40. The van der Waals surface area contributed by atoms with Gasteiger partial charge in [0.2, 0.25) is 0 Å². The maximum absolute atomic E-state index is 9.99. The summed E-state index contributed by atoms with van der Waals surface area (Å²) in [6, 6.07) is 4.58. The average Bonchev–Trinajstić information content (AvgIpc) is 3.35. The van der Waals surface area contributed by atoms with Crippen LogP contribution in [0.4, 0.5) is 5.69 Å². The van der Waals surface area contributed by atoms with Crippen LogP contribution >= 0.6 is 0 Å². The number of nitrogens with zero attached hydrogens (tertiary/aromatic N) is 2. The van der Waals surface area contributed by atoms with Crippen LogP contribution < -0.4 is 5.32 Å². The molecule has 5 heteroatoms. The number of likely N-dealkylation sites (tertiary alicyclic amines) is 1. The minimum Gasteiger partial charge on any atom is -0.504 e. The first-order chi connectivity index (χ1) is 12.2. The van der Waals surface area contributed by atoms with Gasteiger partial charge in [0.1, 0.15) is 0 Å². The Kier molecular flexibility index (Phi) is 3.52. The lowest BCUT2D eigenvalue weighted by atomic mass is 10.0. The zero-order valence-corrected chi connectivity index (χ0v) is 14.5. The van der Waals surface area contributed by atoms with Gasteiger partial charge in [-0.15, -0.1) is 0 Å². The Hall–Kier alpha value is -2.01. The highest BCUT2D eigenvalue weighted by atomic mass is 16.3. The van der Waals surface area contributed by atoms with E-state index in [1.54, 1.807) is 12.1 Å². The highest BCUT2D eigenvalue weighted by molar-refractivity contribution is 5.96. The summed E-state index contributed by atoms with van der Waals surface area (Å²) in [6.45, 7) is 2.36. The Labute approximate surface area is 147 Å². The van der Waals surface area contributed by atoms with Crippen molar-refractivity contribution in [2.45, 2.75) is 57.0 Å². The van der Waals surface area contributed by atoms with E-state index < -0.39 is 0 Å². The zero-order valence-electron chi connectivity index (χ0n) is 14.5. The van der Waals surface area contributed by atoms with Crippen LogP contribution in [0.1, 0.15) is 43.4 Å². The largest absolute Gasteiger partial charge is 0.504 e. The summed E-state index contributed by atoms with van der Waals surface area (Å²) in [6.07, 6.45) is 8.27. The highest BCUT2D eigenvalue weighted by Crippen LogP contribution is 2.39. The molecule has 1 saturated carbocycles. The molecule has 1 aromatic carbocycles. The summed E-state index contributed by atoms with van der Waals surface area (Å²) < 4.78 is 0. The van der Waals surface area contributed by atoms with Crippen molar-refractivity contribution in [2.24, 2.45) is 0 Å². The van der Waals surface area contributed by atoms with Crippen molar-refractivity contribution in [3.8, 4) is 11.5 Å². The second-order valence-corrected chi connectivity index (χ2v) is 7.81. The molecule has 5 nitrogen and oxygen atoms in total. The van der Waals surface area contributed by atoms with Crippen molar-refractivity contribution in [3.05, 3.63) is 23.4 Å². The van der Waals surface area contributed by atoms with Crippen molar-refractivity contribution in [3.63, 3.8) is 0 Å². The third kappa shape index (κ3) is 2.71. The number of phenols is 2. The Balaban J connectivity index is 1.48. The van der Waals surface area contributed by atoms with Crippen molar-refractivity contribution < 1.29 is 10.2 Å². The number of aryl methyl sites for hydroxylation is 1. The third-order valence-electron chi connectivity index (χ3n) is 6.05. The standard InChI is InChI=1S/C20H25N3O2/c24-18-10-15-17(11-19(18)25)22-16-3-1-2-14(16)20(15)21-12-6-8-23(9-7-12)13-4-5-13/h10-13,24-25H,1-9H2,(H,21,22). The quantitative estimate of drug-likeness (QED) is 0.750. The summed E-state index contributed by atoms with van der Waals surface area (Å²) in [7, 11) is 0. The number of rotatable bonds is 3. The van der Waals surface area contributed by atoms with Crippen LogP contribution in [0.25, 0.3) is 10.9 Å². The van der Waals surface area contributed by atoms with Gasteiger partial charge in [-0.3, -0.25) is 4.98 Å². The minimum absolute atomic E-state index is 0.0705. The number of nitrogens with one attached hydrogen (secondary N) is 1. The van der Waals surface area contributed by atoms with E-state index in [0.717, 1.165) is 47.6 Å². The van der Waals surface area contributed by atoms with Gasteiger partial charge in [-0.25, -0.2) is 0 Å². The molecule has 1 aliphatic heterocycles. The van der Waals surface area contributed by atoms with E-state index in [0.29, 0.717) is 6.04 Å². The van der Waals surface area contributed by atoms with Crippen LogP contribution in [0, 0.1) is 0 Å². The van der Waals surface area contributed by atoms with E-state index >= 15 is 0 Å². The van der Waals surface area contributed by atoms with E-state index in [2.05, 4.69) is 10.2 Å². The van der Waals surface area contributed by atoms with E-state index in [4.69, 9.17) is 4.98 Å². The number of phenolic OH excluding ortho intramolecular Hbond substituents is 2. The molecule has 1 aromatic heterocycles. The fourth-order valence-corrected chi connectivity index (χ4v) is 4.50. The molecule has 5 rings (SSSR count). The lowest BCUT2D eigenvalue weighted by molar-refractivity contribution is 0.210. The smallest absolute Gasteiger partial charge is 0.159 e. The molecule has 2 fully saturated rings. The molecule has 0 bridgehead atoms. The molecule has 2 heterocycles. The predicted octanol–water partition coefficient (Wildman–Crippen LogP) is 3.17. The molecule has 1 saturated heterocycles. The number of pyridine rings is 1. The van der Waals surface area contributed by atoms with Gasteiger partial charge in [0.15, 0.2) is 11.5 Å². The van der Waals surface area contributed by atoms with Crippen LogP contribution in [0.15, 0.2) is 12.1 Å². The lowest BCUT2D eigenvalue weighted by Gasteiger charge is -2.33. The van der Waals surface area contributed by atoms with E-state index in [9.17, 15) is 10.2 Å². The number of benzene rings is 1. The Morgan fingerprint density at radius 3 is 2.52 bits per heavy atom. The Morgan fingerprint density at radius 2 is 1.76 bits per heavy atom. The molecule has 2 aliphatic carbocycles. The van der Waals surface area contributed by atoms with Crippen LogP contribution in [-0.4, -0.2) is 45.3 Å². The van der Waals surface area contributed by atoms with Crippen molar-refractivity contribution in [1.29, 1.82) is 0 Å². The molecular weight excluding hydrogens is 314 g/mol. The molecule has 0 radical (unpaired) electrons. The summed E-state index contributed by atoms with van der Waals surface area (Å²) >= 11 is 0. The predicted molar refractivity (Wildman–Crippen MR) is 98.3 cm³/mol. The molecular formula is C20H25N3O2. The molecule has 2 aromatic rings. The minimum atomic E-state index is -0.0957. The molecule has 0 spiro atoms. The number of hydrogen-bond donors (Lipinski definition) is 3. The molecule has 3 aliphatic rings. The van der Waals surface area contributed by atoms with E-state index in [-0.39, 0.29) is 11.5 Å². The summed E-state index contributed by atoms with van der Waals surface area (Å²) in [5.74, 6) is -0.166. The second-order valence-electron chi connectivity index (χ2n) is 7.81. The maximum atomic E-state index is 9.99. The molecule has 0 unspecified atom stereocenters. The normalized spacial score (nSPS) is 21.6. The molecule has 3 N–H and O–H groups in total. The number of anilines is 1. The summed E-state index contributed by atoms with van der Waals surface area (Å²) in [4.78, 5) is 7.37.